The van der Waals surface area contributed by atoms with Crippen LogP contribution in [0.1, 0.15) is 49.3 Å². The number of nitroso groups, excluding NO2 is 1. The summed E-state index contributed by atoms with van der Waals surface area (Å²) in [6, 6.07) is 14.2. The number of rotatable bonds is 6. The molecule has 2 heterocycles. The molecule has 2 aromatic carbocycles. The Bertz CT molecular complexity index is 971. The van der Waals surface area contributed by atoms with Crippen LogP contribution in [0.2, 0.25) is 0 Å². The van der Waals surface area contributed by atoms with Crippen molar-refractivity contribution in [2.24, 2.45) is 17.0 Å². The minimum atomic E-state index is 0.129. The molecule has 0 spiro atoms. The fourth-order valence-electron chi connectivity index (χ4n) is 6.38. The zero-order valence-electron chi connectivity index (χ0n) is 19.3. The highest BCUT2D eigenvalue weighted by Crippen LogP contribution is 2.50. The van der Waals surface area contributed by atoms with Crippen molar-refractivity contribution in [2.75, 3.05) is 26.2 Å². The van der Waals surface area contributed by atoms with E-state index in [9.17, 15) is 10.0 Å². The molecule has 1 saturated carbocycles. The molecule has 2 saturated heterocycles. The number of phenols is 1. The van der Waals surface area contributed by atoms with Gasteiger partial charge in [-0.3, -0.25) is 9.80 Å². The summed E-state index contributed by atoms with van der Waals surface area (Å²) in [7, 11) is 0. The number of fused-ring (bicyclic) bond motifs is 1. The molecule has 1 aliphatic carbocycles. The zero-order valence-corrected chi connectivity index (χ0v) is 19.3. The van der Waals surface area contributed by atoms with Crippen LogP contribution in [-0.2, 0) is 12.0 Å². The van der Waals surface area contributed by atoms with Crippen LogP contribution in [0.5, 0.6) is 5.75 Å². The van der Waals surface area contributed by atoms with Crippen molar-refractivity contribution < 1.29 is 5.11 Å². The van der Waals surface area contributed by atoms with Gasteiger partial charge >= 0.3 is 0 Å². The van der Waals surface area contributed by atoms with Gasteiger partial charge in [0.15, 0.2) is 0 Å². The standard InChI is InChI=1S/C27H35N3O2/c1-19-3-10-24(31)15-25(19)27-11-13-29(16-21-6-8-23(28-32)9-7-21)18-26(27)20(2)30(14-12-27)17-22-4-5-22/h3,6-10,15,20,22,26,31H,4-5,11-14,16-18H2,1-2H3. The lowest BCUT2D eigenvalue weighted by Gasteiger charge is -2.57. The van der Waals surface area contributed by atoms with Gasteiger partial charge in [0.1, 0.15) is 11.4 Å². The van der Waals surface area contributed by atoms with E-state index in [1.165, 1.54) is 42.5 Å². The molecule has 3 fully saturated rings. The van der Waals surface area contributed by atoms with E-state index in [0.717, 1.165) is 38.5 Å². The number of hydrogen-bond donors (Lipinski definition) is 1. The van der Waals surface area contributed by atoms with Gasteiger partial charge in [0.05, 0.1) is 0 Å². The van der Waals surface area contributed by atoms with Gasteiger partial charge in [-0.15, -0.1) is 4.91 Å². The van der Waals surface area contributed by atoms with Gasteiger partial charge in [0, 0.05) is 31.1 Å². The first-order valence-electron chi connectivity index (χ1n) is 12.2. The summed E-state index contributed by atoms with van der Waals surface area (Å²) in [5, 5.41) is 13.4. The lowest BCUT2D eigenvalue weighted by molar-refractivity contribution is -0.0260. The van der Waals surface area contributed by atoms with Gasteiger partial charge in [-0.2, -0.15) is 0 Å². The highest BCUT2D eigenvalue weighted by Gasteiger charge is 2.51. The van der Waals surface area contributed by atoms with E-state index >= 15 is 0 Å². The second-order valence-corrected chi connectivity index (χ2v) is 10.4. The van der Waals surface area contributed by atoms with Crippen LogP contribution in [0.3, 0.4) is 0 Å². The largest absolute Gasteiger partial charge is 0.508 e. The van der Waals surface area contributed by atoms with E-state index in [4.69, 9.17) is 0 Å². The normalized spacial score (nSPS) is 28.9. The summed E-state index contributed by atoms with van der Waals surface area (Å²) in [4.78, 5) is 16.1. The molecule has 170 valence electrons. The topological polar surface area (TPSA) is 56.1 Å². The Morgan fingerprint density at radius 2 is 1.84 bits per heavy atom. The monoisotopic (exact) mass is 433 g/mol. The molecule has 5 rings (SSSR count). The second kappa shape index (κ2) is 8.60. The number of aromatic hydroxyl groups is 1. The van der Waals surface area contributed by atoms with Crippen molar-refractivity contribution in [2.45, 2.75) is 57.5 Å². The molecule has 1 N–H and O–H groups in total. The van der Waals surface area contributed by atoms with E-state index in [1.54, 1.807) is 0 Å². The molecular formula is C27H35N3O2. The Morgan fingerprint density at radius 1 is 1.09 bits per heavy atom. The summed E-state index contributed by atoms with van der Waals surface area (Å²) in [6.45, 7) is 10.1. The quantitative estimate of drug-likeness (QED) is 0.623. The molecule has 3 atom stereocenters. The van der Waals surface area contributed by atoms with Gasteiger partial charge in [-0.1, -0.05) is 18.2 Å². The van der Waals surface area contributed by atoms with Crippen molar-refractivity contribution in [3.63, 3.8) is 0 Å². The van der Waals surface area contributed by atoms with Crippen LogP contribution in [0.25, 0.3) is 0 Å². The van der Waals surface area contributed by atoms with Crippen LogP contribution < -0.4 is 0 Å². The number of aryl methyl sites for hydroxylation is 1. The maximum atomic E-state index is 10.8. The molecule has 5 heteroatoms. The maximum absolute atomic E-state index is 10.8. The van der Waals surface area contributed by atoms with Crippen molar-refractivity contribution in [3.05, 3.63) is 64.1 Å². The number of benzene rings is 2. The number of phenolic OH excluding ortho intramolecular Hbond substituents is 1. The predicted molar refractivity (Wildman–Crippen MR) is 128 cm³/mol. The van der Waals surface area contributed by atoms with E-state index in [0.29, 0.717) is 23.4 Å². The van der Waals surface area contributed by atoms with Crippen molar-refractivity contribution in [1.29, 1.82) is 0 Å². The molecule has 5 nitrogen and oxygen atoms in total. The Labute approximate surface area is 191 Å². The van der Waals surface area contributed by atoms with Gasteiger partial charge in [-0.25, -0.2) is 0 Å². The van der Waals surface area contributed by atoms with Gasteiger partial charge in [0.25, 0.3) is 0 Å². The molecule has 0 radical (unpaired) electrons. The van der Waals surface area contributed by atoms with E-state index < -0.39 is 0 Å². The second-order valence-electron chi connectivity index (χ2n) is 10.4. The van der Waals surface area contributed by atoms with E-state index in [1.807, 2.05) is 36.4 Å². The number of likely N-dealkylation sites (tertiary alicyclic amines) is 2. The first kappa shape index (κ1) is 21.6. The number of piperidine rings is 2. The maximum Gasteiger partial charge on any atom is 0.115 e. The zero-order chi connectivity index (χ0) is 22.3. The van der Waals surface area contributed by atoms with Crippen molar-refractivity contribution >= 4 is 5.69 Å². The summed E-state index contributed by atoms with van der Waals surface area (Å²) in [6.07, 6.45) is 5.08. The van der Waals surface area contributed by atoms with Crippen LogP contribution in [0.15, 0.2) is 47.6 Å². The summed E-state index contributed by atoms with van der Waals surface area (Å²) >= 11 is 0. The molecule has 0 bridgehead atoms. The smallest absolute Gasteiger partial charge is 0.115 e. The van der Waals surface area contributed by atoms with Crippen LogP contribution in [0, 0.1) is 23.7 Å². The number of nitrogens with zero attached hydrogens (tertiary/aromatic N) is 3. The van der Waals surface area contributed by atoms with E-state index in [-0.39, 0.29) is 5.41 Å². The van der Waals surface area contributed by atoms with E-state index in [2.05, 4.69) is 34.9 Å². The summed E-state index contributed by atoms with van der Waals surface area (Å²) < 4.78 is 0. The lowest BCUT2D eigenvalue weighted by Crippen LogP contribution is -2.62. The highest BCUT2D eigenvalue weighted by molar-refractivity contribution is 5.42. The Morgan fingerprint density at radius 3 is 2.56 bits per heavy atom. The minimum Gasteiger partial charge on any atom is -0.508 e. The van der Waals surface area contributed by atoms with Crippen molar-refractivity contribution in [3.8, 4) is 5.75 Å². The van der Waals surface area contributed by atoms with Crippen LogP contribution in [-0.4, -0.2) is 47.1 Å². The molecule has 2 aromatic rings. The Hall–Kier alpha value is -2.24. The predicted octanol–water partition coefficient (Wildman–Crippen LogP) is 5.36. The number of hydrogen-bond acceptors (Lipinski definition) is 5. The van der Waals surface area contributed by atoms with Gasteiger partial charge < -0.3 is 5.11 Å². The molecule has 0 aromatic heterocycles. The third kappa shape index (κ3) is 4.08. The van der Waals surface area contributed by atoms with Crippen LogP contribution in [0.4, 0.5) is 5.69 Å². The third-order valence-corrected chi connectivity index (χ3v) is 8.44. The molecular weight excluding hydrogens is 398 g/mol. The fraction of sp³-hybridized carbons (Fsp3) is 0.556. The lowest BCUT2D eigenvalue weighted by atomic mass is 9.58. The highest BCUT2D eigenvalue weighted by atomic mass is 16.3. The minimum absolute atomic E-state index is 0.129. The average Bonchev–Trinajstić information content (AvgIpc) is 3.62. The first-order chi connectivity index (χ1) is 15.5. The third-order valence-electron chi connectivity index (χ3n) is 8.44. The SMILES string of the molecule is Cc1ccc(O)cc1C12CCN(Cc3ccc(N=O)cc3)CC1C(C)N(CC1CC1)CC2. The molecule has 2 aliphatic heterocycles. The van der Waals surface area contributed by atoms with Gasteiger partial charge in [0.2, 0.25) is 0 Å². The van der Waals surface area contributed by atoms with Crippen LogP contribution >= 0.6 is 0 Å². The molecule has 0 amide bonds. The van der Waals surface area contributed by atoms with Gasteiger partial charge in [-0.05, 0) is 111 Å². The summed E-state index contributed by atoms with van der Waals surface area (Å²) in [5.74, 6) is 1.82. The Balaban J connectivity index is 1.42. The van der Waals surface area contributed by atoms with Crippen molar-refractivity contribution in [1.82, 2.24) is 9.80 Å². The molecule has 32 heavy (non-hydrogen) atoms. The summed E-state index contributed by atoms with van der Waals surface area (Å²) in [5.41, 5.74) is 4.52. The molecule has 3 aliphatic rings. The first-order valence-corrected chi connectivity index (χ1v) is 12.2. The fourth-order valence-corrected chi connectivity index (χ4v) is 6.38. The molecule has 3 unspecified atom stereocenters. The Kier molecular flexibility index (Phi) is 5.81. The average molecular weight is 434 g/mol.